The molecule has 0 bridgehead atoms. The summed E-state index contributed by atoms with van der Waals surface area (Å²) in [4.78, 5) is 21.4. The number of benzene rings is 1. The van der Waals surface area contributed by atoms with Gasteiger partial charge in [-0.2, -0.15) is 0 Å². The van der Waals surface area contributed by atoms with Crippen LogP contribution in [-0.4, -0.2) is 24.7 Å². The van der Waals surface area contributed by atoms with Gasteiger partial charge in [-0.25, -0.2) is 4.79 Å². The van der Waals surface area contributed by atoms with Crippen molar-refractivity contribution in [2.45, 2.75) is 6.92 Å². The number of nitro benzene ring substituents is 1. The standard InChI is InChI=1S/C10H12N2O5/c1-3-17-10(13)11-7-5-4-6-8(16-2)9(7)12(14)15/h4-6H,3H2,1-2H3,(H,11,13). The van der Waals surface area contributed by atoms with Crippen LogP contribution in [0.1, 0.15) is 6.92 Å². The molecular weight excluding hydrogens is 228 g/mol. The van der Waals surface area contributed by atoms with Crippen LogP contribution in [0.3, 0.4) is 0 Å². The van der Waals surface area contributed by atoms with Gasteiger partial charge in [-0.1, -0.05) is 6.07 Å². The molecule has 0 spiro atoms. The molecule has 17 heavy (non-hydrogen) atoms. The van der Waals surface area contributed by atoms with E-state index >= 15 is 0 Å². The van der Waals surface area contributed by atoms with Gasteiger partial charge in [0, 0.05) is 0 Å². The van der Waals surface area contributed by atoms with E-state index < -0.39 is 11.0 Å². The summed E-state index contributed by atoms with van der Waals surface area (Å²) in [5.41, 5.74) is -0.268. The minimum Gasteiger partial charge on any atom is -0.490 e. The lowest BCUT2D eigenvalue weighted by Gasteiger charge is -2.08. The quantitative estimate of drug-likeness (QED) is 0.643. The number of anilines is 1. The average molecular weight is 240 g/mol. The Labute approximate surface area is 97.5 Å². The largest absolute Gasteiger partial charge is 0.490 e. The van der Waals surface area contributed by atoms with Gasteiger partial charge in [0.15, 0.2) is 5.75 Å². The Kier molecular flexibility index (Phi) is 4.27. The van der Waals surface area contributed by atoms with Gasteiger partial charge >= 0.3 is 11.8 Å². The lowest BCUT2D eigenvalue weighted by molar-refractivity contribution is -0.384. The predicted molar refractivity (Wildman–Crippen MR) is 60.3 cm³/mol. The molecule has 0 saturated carbocycles. The molecule has 7 heteroatoms. The first kappa shape index (κ1) is 12.8. The molecule has 0 aliphatic rings. The number of carbonyl (C=O) groups is 1. The molecule has 0 aliphatic heterocycles. The summed E-state index contributed by atoms with van der Waals surface area (Å²) in [5, 5.41) is 13.2. The summed E-state index contributed by atoms with van der Waals surface area (Å²) in [5.74, 6) is 0.0734. The zero-order chi connectivity index (χ0) is 12.8. The number of methoxy groups -OCH3 is 1. The van der Waals surface area contributed by atoms with Gasteiger partial charge in [-0.15, -0.1) is 0 Å². The van der Waals surface area contributed by atoms with Crippen molar-refractivity contribution in [2.24, 2.45) is 0 Å². The second kappa shape index (κ2) is 5.69. The molecule has 0 radical (unpaired) electrons. The van der Waals surface area contributed by atoms with Gasteiger partial charge in [-0.3, -0.25) is 15.4 Å². The van der Waals surface area contributed by atoms with E-state index in [-0.39, 0.29) is 23.7 Å². The van der Waals surface area contributed by atoms with Crippen LogP contribution in [0, 0.1) is 10.1 Å². The van der Waals surface area contributed by atoms with Crippen molar-refractivity contribution in [3.8, 4) is 5.75 Å². The molecule has 1 rings (SSSR count). The van der Waals surface area contributed by atoms with E-state index in [1.165, 1.54) is 25.3 Å². The summed E-state index contributed by atoms with van der Waals surface area (Å²) in [7, 11) is 1.32. The van der Waals surface area contributed by atoms with Crippen LogP contribution in [0.4, 0.5) is 16.2 Å². The fourth-order valence-electron chi connectivity index (χ4n) is 1.25. The number of rotatable bonds is 4. The molecule has 1 aromatic rings. The molecule has 0 fully saturated rings. The maximum Gasteiger partial charge on any atom is 0.411 e. The third-order valence-corrected chi connectivity index (χ3v) is 1.91. The number of nitrogens with one attached hydrogen (secondary N) is 1. The molecule has 0 aliphatic carbocycles. The van der Waals surface area contributed by atoms with Crippen LogP contribution in [0.25, 0.3) is 0 Å². The third kappa shape index (κ3) is 3.07. The van der Waals surface area contributed by atoms with E-state index in [0.717, 1.165) is 0 Å². The number of para-hydroxylation sites is 1. The molecule has 0 atom stereocenters. The van der Waals surface area contributed by atoms with Crippen molar-refractivity contribution in [2.75, 3.05) is 19.0 Å². The van der Waals surface area contributed by atoms with Crippen molar-refractivity contribution >= 4 is 17.5 Å². The average Bonchev–Trinajstić information content (AvgIpc) is 2.28. The number of nitro groups is 1. The first-order valence-corrected chi connectivity index (χ1v) is 4.85. The Bertz CT molecular complexity index is 433. The van der Waals surface area contributed by atoms with Crippen molar-refractivity contribution < 1.29 is 19.2 Å². The van der Waals surface area contributed by atoms with Gasteiger partial charge in [0.25, 0.3) is 0 Å². The molecule has 0 unspecified atom stereocenters. The first-order chi connectivity index (χ1) is 8.10. The van der Waals surface area contributed by atoms with E-state index in [1.807, 2.05) is 0 Å². The summed E-state index contributed by atoms with van der Waals surface area (Å²) in [6.07, 6.45) is -0.746. The van der Waals surface area contributed by atoms with Crippen LogP contribution >= 0.6 is 0 Å². The second-order valence-electron chi connectivity index (χ2n) is 2.96. The van der Waals surface area contributed by atoms with Gasteiger partial charge in [-0.05, 0) is 19.1 Å². The number of carbonyl (C=O) groups excluding carboxylic acids is 1. The van der Waals surface area contributed by atoms with Crippen molar-refractivity contribution in [1.82, 2.24) is 0 Å². The summed E-state index contributed by atoms with van der Waals surface area (Å²) in [6, 6.07) is 4.37. The van der Waals surface area contributed by atoms with E-state index in [0.29, 0.717) is 0 Å². The molecule has 1 N–H and O–H groups in total. The predicted octanol–water partition coefficient (Wildman–Crippen LogP) is 2.17. The van der Waals surface area contributed by atoms with Crippen molar-refractivity contribution in [1.29, 1.82) is 0 Å². The highest BCUT2D eigenvalue weighted by Crippen LogP contribution is 2.34. The Hall–Kier alpha value is -2.31. The molecule has 0 aromatic heterocycles. The zero-order valence-corrected chi connectivity index (χ0v) is 9.43. The van der Waals surface area contributed by atoms with Crippen LogP contribution in [0.15, 0.2) is 18.2 Å². The van der Waals surface area contributed by atoms with Gasteiger partial charge in [0.05, 0.1) is 18.6 Å². The monoisotopic (exact) mass is 240 g/mol. The molecule has 0 saturated heterocycles. The Morgan fingerprint density at radius 1 is 1.53 bits per heavy atom. The maximum absolute atomic E-state index is 11.2. The van der Waals surface area contributed by atoms with Gasteiger partial charge in [0.2, 0.25) is 0 Å². The number of hydrogen-bond donors (Lipinski definition) is 1. The Morgan fingerprint density at radius 2 is 2.24 bits per heavy atom. The number of amides is 1. The molecule has 7 nitrogen and oxygen atoms in total. The molecular formula is C10H12N2O5. The van der Waals surface area contributed by atoms with E-state index in [4.69, 9.17) is 4.74 Å². The maximum atomic E-state index is 11.2. The smallest absolute Gasteiger partial charge is 0.411 e. The number of nitrogens with zero attached hydrogens (tertiary/aromatic N) is 1. The third-order valence-electron chi connectivity index (χ3n) is 1.91. The van der Waals surface area contributed by atoms with Crippen molar-refractivity contribution in [3.63, 3.8) is 0 Å². The first-order valence-electron chi connectivity index (χ1n) is 4.85. The highest BCUT2D eigenvalue weighted by Gasteiger charge is 2.21. The van der Waals surface area contributed by atoms with E-state index in [1.54, 1.807) is 6.92 Å². The molecule has 92 valence electrons. The Balaban J connectivity index is 3.06. The van der Waals surface area contributed by atoms with Crippen molar-refractivity contribution in [3.05, 3.63) is 28.3 Å². The lowest BCUT2D eigenvalue weighted by atomic mass is 10.2. The van der Waals surface area contributed by atoms with Crippen LogP contribution in [-0.2, 0) is 4.74 Å². The van der Waals surface area contributed by atoms with Crippen LogP contribution in [0.5, 0.6) is 5.75 Å². The van der Waals surface area contributed by atoms with Gasteiger partial charge < -0.3 is 9.47 Å². The van der Waals surface area contributed by atoms with Crippen LogP contribution < -0.4 is 10.1 Å². The normalized spacial score (nSPS) is 9.53. The van der Waals surface area contributed by atoms with E-state index in [2.05, 4.69) is 10.1 Å². The fraction of sp³-hybridized carbons (Fsp3) is 0.300. The fourth-order valence-corrected chi connectivity index (χ4v) is 1.25. The molecule has 1 aromatic carbocycles. The topological polar surface area (TPSA) is 90.7 Å². The minimum atomic E-state index is -0.746. The number of ether oxygens (including phenoxy) is 2. The SMILES string of the molecule is CCOC(=O)Nc1cccc(OC)c1[N+](=O)[O-]. The molecule has 0 heterocycles. The summed E-state index contributed by atoms with van der Waals surface area (Å²) >= 11 is 0. The van der Waals surface area contributed by atoms with E-state index in [9.17, 15) is 14.9 Å². The highest BCUT2D eigenvalue weighted by molar-refractivity contribution is 5.89. The summed E-state index contributed by atoms with van der Waals surface area (Å²) in [6.45, 7) is 1.82. The highest BCUT2D eigenvalue weighted by atomic mass is 16.6. The lowest BCUT2D eigenvalue weighted by Crippen LogP contribution is -2.14. The van der Waals surface area contributed by atoms with Crippen LogP contribution in [0.2, 0.25) is 0 Å². The Morgan fingerprint density at radius 3 is 2.76 bits per heavy atom. The zero-order valence-electron chi connectivity index (χ0n) is 9.43. The second-order valence-corrected chi connectivity index (χ2v) is 2.96. The summed E-state index contributed by atoms with van der Waals surface area (Å²) < 4.78 is 9.50. The minimum absolute atomic E-state index is 0.0350. The number of hydrogen-bond acceptors (Lipinski definition) is 5. The van der Waals surface area contributed by atoms with Gasteiger partial charge in [0.1, 0.15) is 5.69 Å². The molecule has 1 amide bonds.